The van der Waals surface area contributed by atoms with E-state index >= 15 is 0 Å². The molecule has 1 aromatic rings. The molecule has 0 fully saturated rings. The van der Waals surface area contributed by atoms with Crippen molar-refractivity contribution in [2.45, 2.75) is 25.8 Å². The molecule has 0 aliphatic heterocycles. The molecule has 17 heavy (non-hydrogen) atoms. The number of hydrogen-bond acceptors (Lipinski definition) is 3. The maximum atomic E-state index is 11.6. The zero-order valence-corrected chi connectivity index (χ0v) is 10.4. The predicted octanol–water partition coefficient (Wildman–Crippen LogP) is 1.61. The van der Waals surface area contributed by atoms with E-state index in [-0.39, 0.29) is 11.9 Å². The third-order valence-corrected chi connectivity index (χ3v) is 2.63. The van der Waals surface area contributed by atoms with Crippen LogP contribution in [0.25, 0.3) is 0 Å². The van der Waals surface area contributed by atoms with E-state index < -0.39 is 0 Å². The number of hydrogen-bond donors (Lipinski definition) is 2. The van der Waals surface area contributed by atoms with Crippen molar-refractivity contribution < 1.29 is 9.53 Å². The molecule has 1 aromatic carbocycles. The highest BCUT2D eigenvalue weighted by molar-refractivity contribution is 5.76. The van der Waals surface area contributed by atoms with Gasteiger partial charge in [0.2, 0.25) is 5.91 Å². The molecule has 1 unspecified atom stereocenters. The van der Waals surface area contributed by atoms with E-state index in [1.807, 2.05) is 31.2 Å². The number of nitrogens with two attached hydrogens (primary N) is 1. The number of rotatable bonds is 6. The molecular formula is C13H20N2O2. The number of carbonyl (C=O) groups excluding carboxylic acids is 1. The van der Waals surface area contributed by atoms with Gasteiger partial charge in [0.1, 0.15) is 5.75 Å². The van der Waals surface area contributed by atoms with Gasteiger partial charge in [-0.1, -0.05) is 25.1 Å². The Hall–Kier alpha value is -1.55. The molecule has 0 saturated carbocycles. The van der Waals surface area contributed by atoms with Gasteiger partial charge in [-0.25, -0.2) is 0 Å². The predicted molar refractivity (Wildman–Crippen MR) is 67.8 cm³/mol. The summed E-state index contributed by atoms with van der Waals surface area (Å²) >= 11 is 0. The van der Waals surface area contributed by atoms with Gasteiger partial charge in [0.15, 0.2) is 0 Å². The Kier molecular flexibility index (Phi) is 5.49. The summed E-state index contributed by atoms with van der Waals surface area (Å²) in [5.74, 6) is 0.776. The Bertz CT molecular complexity index is 366. The van der Waals surface area contributed by atoms with Crippen LogP contribution in [0.15, 0.2) is 24.3 Å². The molecule has 0 bridgehead atoms. The molecule has 0 aromatic heterocycles. The smallest absolute Gasteiger partial charge is 0.221 e. The Labute approximate surface area is 102 Å². The quantitative estimate of drug-likeness (QED) is 0.788. The van der Waals surface area contributed by atoms with Crippen molar-refractivity contribution in [2.75, 3.05) is 13.7 Å². The maximum Gasteiger partial charge on any atom is 0.221 e. The first-order chi connectivity index (χ1) is 8.22. The van der Waals surface area contributed by atoms with Crippen LogP contribution in [-0.2, 0) is 4.79 Å². The fourth-order valence-electron chi connectivity index (χ4n) is 1.75. The lowest BCUT2D eigenvalue weighted by atomic mass is 10.0. The van der Waals surface area contributed by atoms with Crippen LogP contribution in [0.1, 0.15) is 31.4 Å². The highest BCUT2D eigenvalue weighted by atomic mass is 16.5. The van der Waals surface area contributed by atoms with Gasteiger partial charge in [0, 0.05) is 18.5 Å². The minimum Gasteiger partial charge on any atom is -0.496 e. The monoisotopic (exact) mass is 236 g/mol. The fourth-order valence-corrected chi connectivity index (χ4v) is 1.75. The number of carbonyl (C=O) groups is 1. The molecule has 0 heterocycles. The second-order valence-electron chi connectivity index (χ2n) is 3.81. The largest absolute Gasteiger partial charge is 0.496 e. The lowest BCUT2D eigenvalue weighted by Crippen LogP contribution is -2.29. The van der Waals surface area contributed by atoms with E-state index in [2.05, 4.69) is 5.32 Å². The van der Waals surface area contributed by atoms with Crippen molar-refractivity contribution in [1.29, 1.82) is 0 Å². The second kappa shape index (κ2) is 6.91. The van der Waals surface area contributed by atoms with Gasteiger partial charge >= 0.3 is 0 Å². The van der Waals surface area contributed by atoms with Crippen molar-refractivity contribution in [1.82, 2.24) is 5.32 Å². The zero-order chi connectivity index (χ0) is 12.7. The Morgan fingerprint density at radius 1 is 1.47 bits per heavy atom. The molecule has 0 saturated heterocycles. The molecule has 4 heteroatoms. The molecular weight excluding hydrogens is 216 g/mol. The van der Waals surface area contributed by atoms with Crippen LogP contribution in [0.2, 0.25) is 0 Å². The molecule has 94 valence electrons. The first-order valence-electron chi connectivity index (χ1n) is 5.85. The van der Waals surface area contributed by atoms with E-state index in [9.17, 15) is 4.79 Å². The SMILES string of the molecule is CCC(NC(=O)CCN)c1ccccc1OC. The highest BCUT2D eigenvalue weighted by Crippen LogP contribution is 2.26. The number of para-hydroxylation sites is 1. The first kappa shape index (κ1) is 13.5. The Balaban J connectivity index is 2.82. The van der Waals surface area contributed by atoms with Crippen LogP contribution in [0.5, 0.6) is 5.75 Å². The van der Waals surface area contributed by atoms with Crippen molar-refractivity contribution in [3.05, 3.63) is 29.8 Å². The molecule has 1 atom stereocenters. The van der Waals surface area contributed by atoms with Crippen molar-refractivity contribution in [3.8, 4) is 5.75 Å². The summed E-state index contributed by atoms with van der Waals surface area (Å²) in [6, 6.07) is 7.69. The number of nitrogens with one attached hydrogen (secondary N) is 1. The Morgan fingerprint density at radius 2 is 2.18 bits per heavy atom. The minimum absolute atomic E-state index is 0.0229. The summed E-state index contributed by atoms with van der Waals surface area (Å²) in [5, 5.41) is 2.96. The molecule has 0 aliphatic rings. The lowest BCUT2D eigenvalue weighted by molar-refractivity contribution is -0.121. The lowest BCUT2D eigenvalue weighted by Gasteiger charge is -2.19. The van der Waals surface area contributed by atoms with Crippen LogP contribution in [0.4, 0.5) is 0 Å². The molecule has 0 spiro atoms. The van der Waals surface area contributed by atoms with Crippen molar-refractivity contribution in [3.63, 3.8) is 0 Å². The average Bonchev–Trinajstić information content (AvgIpc) is 2.36. The number of benzene rings is 1. The van der Waals surface area contributed by atoms with Crippen LogP contribution < -0.4 is 15.8 Å². The average molecular weight is 236 g/mol. The van der Waals surface area contributed by atoms with E-state index in [0.717, 1.165) is 17.7 Å². The Morgan fingerprint density at radius 3 is 2.76 bits per heavy atom. The van der Waals surface area contributed by atoms with Gasteiger partial charge in [-0.05, 0) is 12.5 Å². The van der Waals surface area contributed by atoms with Gasteiger partial charge in [0.05, 0.1) is 13.2 Å². The molecule has 1 rings (SSSR count). The van der Waals surface area contributed by atoms with E-state index in [1.54, 1.807) is 7.11 Å². The minimum atomic E-state index is -0.0230. The summed E-state index contributed by atoms with van der Waals surface area (Å²) in [4.78, 5) is 11.6. The zero-order valence-electron chi connectivity index (χ0n) is 10.4. The van der Waals surface area contributed by atoms with Crippen LogP contribution >= 0.6 is 0 Å². The third kappa shape index (κ3) is 3.75. The molecule has 1 amide bonds. The summed E-state index contributed by atoms with van der Waals surface area (Å²) in [6.07, 6.45) is 1.17. The van der Waals surface area contributed by atoms with Gasteiger partial charge < -0.3 is 15.8 Å². The summed E-state index contributed by atoms with van der Waals surface area (Å²) in [5.41, 5.74) is 6.36. The standard InChI is InChI=1S/C13H20N2O2/c1-3-11(15-13(16)8-9-14)10-6-4-5-7-12(10)17-2/h4-7,11H,3,8-9,14H2,1-2H3,(H,15,16). The van der Waals surface area contributed by atoms with Crippen molar-refractivity contribution in [2.24, 2.45) is 5.73 Å². The van der Waals surface area contributed by atoms with Crippen LogP contribution in [-0.4, -0.2) is 19.6 Å². The molecule has 0 aliphatic carbocycles. The maximum absolute atomic E-state index is 11.6. The summed E-state index contributed by atoms with van der Waals surface area (Å²) in [6.45, 7) is 2.40. The molecule has 0 radical (unpaired) electrons. The number of amides is 1. The van der Waals surface area contributed by atoms with E-state index in [0.29, 0.717) is 13.0 Å². The number of ether oxygens (including phenoxy) is 1. The highest BCUT2D eigenvalue weighted by Gasteiger charge is 2.15. The van der Waals surface area contributed by atoms with E-state index in [4.69, 9.17) is 10.5 Å². The normalized spacial score (nSPS) is 11.9. The molecule has 4 nitrogen and oxygen atoms in total. The van der Waals surface area contributed by atoms with Crippen molar-refractivity contribution >= 4 is 5.91 Å². The topological polar surface area (TPSA) is 64.4 Å². The van der Waals surface area contributed by atoms with E-state index in [1.165, 1.54) is 0 Å². The fraction of sp³-hybridized carbons (Fsp3) is 0.462. The summed E-state index contributed by atoms with van der Waals surface area (Å²) < 4.78 is 5.29. The van der Waals surface area contributed by atoms with Gasteiger partial charge in [0.25, 0.3) is 0 Å². The van der Waals surface area contributed by atoms with Gasteiger partial charge in [-0.15, -0.1) is 0 Å². The number of methoxy groups -OCH3 is 1. The first-order valence-corrected chi connectivity index (χ1v) is 5.85. The van der Waals surface area contributed by atoms with Crippen LogP contribution in [0, 0.1) is 0 Å². The van der Waals surface area contributed by atoms with Gasteiger partial charge in [-0.3, -0.25) is 4.79 Å². The van der Waals surface area contributed by atoms with Crippen LogP contribution in [0.3, 0.4) is 0 Å². The second-order valence-corrected chi connectivity index (χ2v) is 3.81. The van der Waals surface area contributed by atoms with Gasteiger partial charge in [-0.2, -0.15) is 0 Å². The molecule has 3 N–H and O–H groups in total. The summed E-state index contributed by atoms with van der Waals surface area (Å²) in [7, 11) is 1.63. The third-order valence-electron chi connectivity index (χ3n) is 2.63.